The number of aryl methyl sites for hydroxylation is 2. The lowest BCUT2D eigenvalue weighted by molar-refractivity contribution is -0.145. The number of carbonyl (C=O) groups excluding carboxylic acids is 1. The van der Waals surface area contributed by atoms with Crippen molar-refractivity contribution in [1.29, 1.82) is 0 Å². The molecule has 4 nitrogen and oxygen atoms in total. The van der Waals surface area contributed by atoms with Crippen LogP contribution in [0.1, 0.15) is 22.5 Å². The Morgan fingerprint density at radius 1 is 1.17 bits per heavy atom. The van der Waals surface area contributed by atoms with Gasteiger partial charge < -0.3 is 4.74 Å². The average Bonchev–Trinajstić information content (AvgIpc) is 2.49. The maximum atomic E-state index is 12.9. The molecule has 0 aliphatic rings. The predicted molar refractivity (Wildman–Crippen MR) is 83.5 cm³/mol. The number of rotatable bonds is 5. The van der Waals surface area contributed by atoms with Gasteiger partial charge in [-0.25, -0.2) is 9.97 Å². The molecule has 0 unspecified atom stereocenters. The SMILES string of the molecule is Cc1cc(C)nc(SCC(=O)OCc2ccccc2C(F)(F)F)n1. The fraction of sp³-hybridized carbons (Fsp3) is 0.312. The van der Waals surface area contributed by atoms with E-state index in [0.717, 1.165) is 29.2 Å². The molecular formula is C16H15F3N2O2S. The average molecular weight is 356 g/mol. The summed E-state index contributed by atoms with van der Waals surface area (Å²) in [5.41, 5.74) is 0.670. The minimum Gasteiger partial charge on any atom is -0.460 e. The maximum absolute atomic E-state index is 12.9. The molecule has 0 bridgehead atoms. The van der Waals surface area contributed by atoms with Crippen molar-refractivity contribution in [1.82, 2.24) is 9.97 Å². The van der Waals surface area contributed by atoms with Crippen LogP contribution >= 0.6 is 11.8 Å². The van der Waals surface area contributed by atoms with E-state index < -0.39 is 24.3 Å². The Morgan fingerprint density at radius 3 is 2.42 bits per heavy atom. The first kappa shape index (κ1) is 18.3. The summed E-state index contributed by atoms with van der Waals surface area (Å²) in [5.74, 6) is -0.698. The van der Waals surface area contributed by atoms with Gasteiger partial charge in [0.2, 0.25) is 0 Å². The van der Waals surface area contributed by atoms with Crippen molar-refractivity contribution in [2.45, 2.75) is 31.8 Å². The van der Waals surface area contributed by atoms with Crippen LogP contribution in [-0.2, 0) is 22.3 Å². The number of hydrogen-bond donors (Lipinski definition) is 0. The van der Waals surface area contributed by atoms with Crippen LogP contribution in [0.2, 0.25) is 0 Å². The number of carbonyl (C=O) groups is 1. The molecule has 0 spiro atoms. The summed E-state index contributed by atoms with van der Waals surface area (Å²) in [4.78, 5) is 20.1. The highest BCUT2D eigenvalue weighted by Crippen LogP contribution is 2.32. The van der Waals surface area contributed by atoms with E-state index in [9.17, 15) is 18.0 Å². The number of aromatic nitrogens is 2. The Hall–Kier alpha value is -2.09. The van der Waals surface area contributed by atoms with Gasteiger partial charge in [0, 0.05) is 17.0 Å². The summed E-state index contributed by atoms with van der Waals surface area (Å²) in [7, 11) is 0. The Bertz CT molecular complexity index is 715. The van der Waals surface area contributed by atoms with Gasteiger partial charge in [-0.3, -0.25) is 4.79 Å². The van der Waals surface area contributed by atoms with E-state index in [-0.39, 0.29) is 11.3 Å². The molecule has 0 aliphatic carbocycles. The van der Waals surface area contributed by atoms with E-state index in [1.807, 2.05) is 13.8 Å². The number of benzene rings is 1. The fourth-order valence-electron chi connectivity index (χ4n) is 2.00. The zero-order valence-electron chi connectivity index (χ0n) is 13.1. The molecule has 1 heterocycles. The molecule has 2 rings (SSSR count). The smallest absolute Gasteiger partial charge is 0.416 e. The standard InChI is InChI=1S/C16H15F3N2O2S/c1-10-7-11(2)21-15(20-10)24-9-14(22)23-8-12-5-3-4-6-13(12)16(17,18)19/h3-7H,8-9H2,1-2H3. The molecule has 0 saturated carbocycles. The molecule has 0 atom stereocenters. The number of ether oxygens (including phenoxy) is 1. The van der Waals surface area contributed by atoms with Crippen LogP contribution in [-0.4, -0.2) is 21.7 Å². The molecule has 0 amide bonds. The zero-order chi connectivity index (χ0) is 17.7. The van der Waals surface area contributed by atoms with Crippen molar-refractivity contribution in [2.75, 3.05) is 5.75 Å². The van der Waals surface area contributed by atoms with E-state index in [1.165, 1.54) is 18.2 Å². The lowest BCUT2D eigenvalue weighted by atomic mass is 10.1. The van der Waals surface area contributed by atoms with Crippen LogP contribution in [0.25, 0.3) is 0 Å². The minimum atomic E-state index is -4.48. The van der Waals surface area contributed by atoms with Gasteiger partial charge in [0.1, 0.15) is 6.61 Å². The summed E-state index contributed by atoms with van der Waals surface area (Å²) < 4.78 is 43.5. The Labute approximate surface area is 141 Å². The second-order valence-corrected chi connectivity index (χ2v) is 5.98. The van der Waals surface area contributed by atoms with E-state index in [4.69, 9.17) is 4.74 Å². The van der Waals surface area contributed by atoms with Crippen LogP contribution in [0, 0.1) is 13.8 Å². The third-order valence-electron chi connectivity index (χ3n) is 2.99. The zero-order valence-corrected chi connectivity index (χ0v) is 13.9. The highest BCUT2D eigenvalue weighted by Gasteiger charge is 2.33. The van der Waals surface area contributed by atoms with Crippen LogP contribution in [0.3, 0.4) is 0 Å². The monoisotopic (exact) mass is 356 g/mol. The molecule has 8 heteroatoms. The van der Waals surface area contributed by atoms with Crippen molar-refractivity contribution in [3.8, 4) is 0 Å². The number of alkyl halides is 3. The van der Waals surface area contributed by atoms with Gasteiger partial charge in [0.15, 0.2) is 5.16 Å². The molecule has 1 aromatic carbocycles. The molecule has 0 aliphatic heterocycles. The Morgan fingerprint density at radius 2 is 1.79 bits per heavy atom. The molecule has 0 radical (unpaired) electrons. The largest absolute Gasteiger partial charge is 0.460 e. The van der Waals surface area contributed by atoms with Crippen molar-refractivity contribution >= 4 is 17.7 Å². The minimum absolute atomic E-state index is 0.0723. The highest BCUT2D eigenvalue weighted by atomic mass is 32.2. The lowest BCUT2D eigenvalue weighted by Gasteiger charge is -2.12. The first-order valence-corrected chi connectivity index (χ1v) is 8.00. The summed E-state index contributed by atoms with van der Waals surface area (Å²) in [5, 5.41) is 0.431. The first-order chi connectivity index (χ1) is 11.3. The van der Waals surface area contributed by atoms with E-state index in [0.29, 0.717) is 5.16 Å². The molecular weight excluding hydrogens is 341 g/mol. The van der Waals surface area contributed by atoms with Gasteiger partial charge in [-0.2, -0.15) is 13.2 Å². The van der Waals surface area contributed by atoms with E-state index >= 15 is 0 Å². The van der Waals surface area contributed by atoms with E-state index in [1.54, 1.807) is 6.07 Å². The highest BCUT2D eigenvalue weighted by molar-refractivity contribution is 7.99. The van der Waals surface area contributed by atoms with Gasteiger partial charge in [0.25, 0.3) is 0 Å². The van der Waals surface area contributed by atoms with Crippen molar-refractivity contribution < 1.29 is 22.7 Å². The molecule has 1 aromatic heterocycles. The third kappa shape index (κ3) is 5.23. The lowest BCUT2D eigenvalue weighted by Crippen LogP contribution is -2.13. The number of halogens is 3. The number of thioether (sulfide) groups is 1. The van der Waals surface area contributed by atoms with Crippen molar-refractivity contribution in [3.05, 3.63) is 52.8 Å². The van der Waals surface area contributed by atoms with Crippen molar-refractivity contribution in [3.63, 3.8) is 0 Å². The maximum Gasteiger partial charge on any atom is 0.416 e. The Balaban J connectivity index is 1.92. The number of esters is 1. The summed E-state index contributed by atoms with van der Waals surface area (Å²) in [6.45, 7) is 3.19. The quantitative estimate of drug-likeness (QED) is 0.461. The van der Waals surface area contributed by atoms with Gasteiger partial charge in [-0.15, -0.1) is 0 Å². The summed E-state index contributed by atoms with van der Waals surface area (Å²) >= 11 is 1.08. The number of nitrogens with zero attached hydrogens (tertiary/aromatic N) is 2. The first-order valence-electron chi connectivity index (χ1n) is 7.01. The molecule has 128 valence electrons. The molecule has 0 N–H and O–H groups in total. The summed E-state index contributed by atoms with van der Waals surface area (Å²) in [6.07, 6.45) is -4.48. The van der Waals surface area contributed by atoms with Crippen LogP contribution < -0.4 is 0 Å². The van der Waals surface area contributed by atoms with Gasteiger partial charge in [-0.1, -0.05) is 30.0 Å². The van der Waals surface area contributed by atoms with Crippen LogP contribution in [0.4, 0.5) is 13.2 Å². The van der Waals surface area contributed by atoms with E-state index in [2.05, 4.69) is 9.97 Å². The summed E-state index contributed by atoms with van der Waals surface area (Å²) in [6, 6.07) is 6.81. The number of hydrogen-bond acceptors (Lipinski definition) is 5. The second-order valence-electron chi connectivity index (χ2n) is 5.04. The van der Waals surface area contributed by atoms with Gasteiger partial charge >= 0.3 is 12.1 Å². The van der Waals surface area contributed by atoms with Gasteiger partial charge in [-0.05, 0) is 26.0 Å². The third-order valence-corrected chi connectivity index (χ3v) is 3.81. The molecule has 0 fully saturated rings. The Kier molecular flexibility index (Phi) is 5.82. The molecule has 2 aromatic rings. The second kappa shape index (κ2) is 7.65. The van der Waals surface area contributed by atoms with Gasteiger partial charge in [0.05, 0.1) is 11.3 Å². The molecule has 0 saturated heterocycles. The van der Waals surface area contributed by atoms with Crippen LogP contribution in [0.5, 0.6) is 0 Å². The molecule has 24 heavy (non-hydrogen) atoms. The fourth-order valence-corrected chi connectivity index (χ4v) is 2.75. The predicted octanol–water partition coefficient (Wildman–Crippen LogP) is 3.95. The van der Waals surface area contributed by atoms with Crippen LogP contribution in [0.15, 0.2) is 35.5 Å². The normalized spacial score (nSPS) is 11.4. The van der Waals surface area contributed by atoms with Crippen molar-refractivity contribution in [2.24, 2.45) is 0 Å². The topological polar surface area (TPSA) is 52.1 Å².